The number of carbonyl (C=O) groups is 1. The van der Waals surface area contributed by atoms with Crippen molar-refractivity contribution in [1.82, 2.24) is 9.80 Å². The van der Waals surface area contributed by atoms with E-state index in [4.69, 9.17) is 5.73 Å². The zero-order valence-electron chi connectivity index (χ0n) is 14.4. The molecule has 24 heavy (non-hydrogen) atoms. The summed E-state index contributed by atoms with van der Waals surface area (Å²) in [5.41, 5.74) is 6.91. The van der Waals surface area contributed by atoms with E-state index < -0.39 is 0 Å². The van der Waals surface area contributed by atoms with Gasteiger partial charge in [0.1, 0.15) is 12.5 Å². The molecule has 1 amide bonds. The van der Waals surface area contributed by atoms with Crippen LogP contribution in [0.25, 0.3) is 0 Å². The van der Waals surface area contributed by atoms with Gasteiger partial charge in [-0.3, -0.25) is 9.69 Å². The molecule has 5 nitrogen and oxygen atoms in total. The number of aliphatic imine (C=N–C) groups is 1. The summed E-state index contributed by atoms with van der Waals surface area (Å²) in [6, 6.07) is 9.69. The minimum Gasteiger partial charge on any atom is -0.383 e. The van der Waals surface area contributed by atoms with E-state index in [1.807, 2.05) is 35.2 Å². The Morgan fingerprint density at radius 1 is 1.12 bits per heavy atom. The van der Waals surface area contributed by atoms with Crippen LogP contribution in [0.1, 0.15) is 37.7 Å². The zero-order valence-corrected chi connectivity index (χ0v) is 14.4. The maximum atomic E-state index is 12.4. The maximum absolute atomic E-state index is 12.4. The first-order chi connectivity index (χ1) is 11.7. The second-order valence-corrected chi connectivity index (χ2v) is 6.95. The molecule has 0 spiro atoms. The number of nitrogens with zero attached hydrogens (tertiary/aromatic N) is 3. The van der Waals surface area contributed by atoms with Crippen molar-refractivity contribution in [3.63, 3.8) is 0 Å². The second kappa shape index (κ2) is 8.29. The van der Waals surface area contributed by atoms with Crippen molar-refractivity contribution >= 4 is 11.7 Å². The van der Waals surface area contributed by atoms with Crippen molar-refractivity contribution in [3.05, 3.63) is 35.9 Å². The van der Waals surface area contributed by atoms with Crippen LogP contribution in [0.4, 0.5) is 0 Å². The second-order valence-electron chi connectivity index (χ2n) is 6.95. The number of amidine groups is 1. The summed E-state index contributed by atoms with van der Waals surface area (Å²) in [5, 5.41) is 0. The standard InChI is InChI=1S/C19H28N4O/c20-19(17-9-5-2-6-10-17)21-15-23-12-11-22(14-18(23)24)13-16-7-3-1-4-8-16/h2,5-6,9-10,16H,1,3-4,7-8,11-15H2,(H2,20,21). The summed E-state index contributed by atoms with van der Waals surface area (Å²) in [4.78, 5) is 20.9. The summed E-state index contributed by atoms with van der Waals surface area (Å²) in [6.45, 7) is 3.66. The fraction of sp³-hybridized carbons (Fsp3) is 0.579. The highest BCUT2D eigenvalue weighted by Gasteiger charge is 2.26. The zero-order chi connectivity index (χ0) is 16.8. The van der Waals surface area contributed by atoms with Gasteiger partial charge in [-0.15, -0.1) is 0 Å². The quantitative estimate of drug-likeness (QED) is 0.665. The van der Waals surface area contributed by atoms with Crippen molar-refractivity contribution in [3.8, 4) is 0 Å². The molecule has 1 aliphatic heterocycles. The molecule has 0 atom stereocenters. The lowest BCUT2D eigenvalue weighted by atomic mass is 9.89. The molecule has 1 heterocycles. The first kappa shape index (κ1) is 17.0. The number of hydrogen-bond acceptors (Lipinski definition) is 3. The van der Waals surface area contributed by atoms with E-state index in [0.29, 0.717) is 19.0 Å². The van der Waals surface area contributed by atoms with Crippen LogP contribution in [-0.4, -0.2) is 54.4 Å². The Balaban J connectivity index is 1.48. The number of piperazine rings is 1. The normalized spacial score (nSPS) is 21.2. The molecule has 5 heteroatoms. The predicted molar refractivity (Wildman–Crippen MR) is 96.8 cm³/mol. The van der Waals surface area contributed by atoms with Crippen LogP contribution in [0.15, 0.2) is 35.3 Å². The van der Waals surface area contributed by atoms with Crippen LogP contribution in [0.2, 0.25) is 0 Å². The third-order valence-corrected chi connectivity index (χ3v) is 5.12. The molecule has 0 aromatic heterocycles. The van der Waals surface area contributed by atoms with E-state index in [9.17, 15) is 4.79 Å². The third-order valence-electron chi connectivity index (χ3n) is 5.12. The Morgan fingerprint density at radius 3 is 2.58 bits per heavy atom. The lowest BCUT2D eigenvalue weighted by molar-refractivity contribution is -0.136. The van der Waals surface area contributed by atoms with Crippen LogP contribution in [0.5, 0.6) is 0 Å². The molecule has 2 aliphatic rings. The molecule has 2 N–H and O–H groups in total. The van der Waals surface area contributed by atoms with E-state index >= 15 is 0 Å². The molecular weight excluding hydrogens is 300 g/mol. The molecule has 1 aromatic carbocycles. The van der Waals surface area contributed by atoms with Gasteiger partial charge in [0, 0.05) is 25.2 Å². The molecule has 3 rings (SSSR count). The van der Waals surface area contributed by atoms with Crippen LogP contribution in [0.3, 0.4) is 0 Å². The minimum absolute atomic E-state index is 0.168. The smallest absolute Gasteiger partial charge is 0.238 e. The minimum atomic E-state index is 0.168. The SMILES string of the molecule is NC(=NCN1CCN(CC2CCCCC2)CC1=O)c1ccccc1. The molecule has 1 saturated heterocycles. The Labute approximate surface area is 144 Å². The molecule has 1 aromatic rings. The van der Waals surface area contributed by atoms with Crippen molar-refractivity contribution in [1.29, 1.82) is 0 Å². The predicted octanol–water partition coefficient (Wildman–Crippen LogP) is 2.07. The number of nitrogens with two attached hydrogens (primary N) is 1. The van der Waals surface area contributed by atoms with Crippen LogP contribution in [0, 0.1) is 5.92 Å². The van der Waals surface area contributed by atoms with Crippen LogP contribution in [-0.2, 0) is 4.79 Å². The molecule has 0 unspecified atom stereocenters. The molecule has 0 radical (unpaired) electrons. The monoisotopic (exact) mass is 328 g/mol. The molecule has 130 valence electrons. The summed E-state index contributed by atoms with van der Waals surface area (Å²) < 4.78 is 0. The number of benzene rings is 1. The van der Waals surface area contributed by atoms with E-state index in [-0.39, 0.29) is 5.91 Å². The van der Waals surface area contributed by atoms with Gasteiger partial charge >= 0.3 is 0 Å². The summed E-state index contributed by atoms with van der Waals surface area (Å²) >= 11 is 0. The molecule has 1 saturated carbocycles. The van der Waals surface area contributed by atoms with Crippen molar-refractivity contribution < 1.29 is 4.79 Å². The highest BCUT2D eigenvalue weighted by molar-refractivity contribution is 5.97. The van der Waals surface area contributed by atoms with Gasteiger partial charge in [0.25, 0.3) is 0 Å². The third kappa shape index (κ3) is 4.57. The number of amides is 1. The molecular formula is C19H28N4O. The Bertz CT molecular complexity index is 566. The first-order valence-electron chi connectivity index (χ1n) is 9.08. The Hall–Kier alpha value is -1.88. The lowest BCUT2D eigenvalue weighted by Crippen LogP contribution is -2.51. The van der Waals surface area contributed by atoms with Crippen LogP contribution >= 0.6 is 0 Å². The van der Waals surface area contributed by atoms with Gasteiger partial charge < -0.3 is 10.6 Å². The lowest BCUT2D eigenvalue weighted by Gasteiger charge is -2.36. The first-order valence-corrected chi connectivity index (χ1v) is 9.08. The largest absolute Gasteiger partial charge is 0.383 e. The van der Waals surface area contributed by atoms with E-state index in [0.717, 1.165) is 31.1 Å². The van der Waals surface area contributed by atoms with E-state index in [1.54, 1.807) is 0 Å². The Morgan fingerprint density at radius 2 is 1.88 bits per heavy atom. The van der Waals surface area contributed by atoms with Crippen LogP contribution < -0.4 is 5.73 Å². The van der Waals surface area contributed by atoms with Crippen molar-refractivity contribution in [2.75, 3.05) is 32.8 Å². The summed E-state index contributed by atoms with van der Waals surface area (Å²) in [5.74, 6) is 1.44. The maximum Gasteiger partial charge on any atom is 0.238 e. The van der Waals surface area contributed by atoms with Crippen molar-refractivity contribution in [2.45, 2.75) is 32.1 Å². The number of rotatable bonds is 5. The average Bonchev–Trinajstić information content (AvgIpc) is 2.62. The van der Waals surface area contributed by atoms with Gasteiger partial charge in [-0.2, -0.15) is 0 Å². The Kier molecular flexibility index (Phi) is 5.86. The van der Waals surface area contributed by atoms with E-state index in [1.165, 1.54) is 32.1 Å². The number of hydrogen-bond donors (Lipinski definition) is 1. The van der Waals surface area contributed by atoms with Gasteiger partial charge in [0.15, 0.2) is 0 Å². The molecule has 2 fully saturated rings. The van der Waals surface area contributed by atoms with Gasteiger partial charge in [-0.1, -0.05) is 49.6 Å². The number of carbonyl (C=O) groups excluding carboxylic acids is 1. The van der Waals surface area contributed by atoms with Crippen molar-refractivity contribution in [2.24, 2.45) is 16.6 Å². The fourth-order valence-electron chi connectivity index (χ4n) is 3.66. The van der Waals surface area contributed by atoms with Gasteiger partial charge in [-0.25, -0.2) is 4.99 Å². The highest BCUT2D eigenvalue weighted by Crippen LogP contribution is 2.24. The van der Waals surface area contributed by atoms with Gasteiger partial charge in [0.05, 0.1) is 6.54 Å². The highest BCUT2D eigenvalue weighted by atomic mass is 16.2. The van der Waals surface area contributed by atoms with Gasteiger partial charge in [-0.05, 0) is 18.8 Å². The molecule has 0 bridgehead atoms. The fourth-order valence-corrected chi connectivity index (χ4v) is 3.66. The van der Waals surface area contributed by atoms with Gasteiger partial charge in [0.2, 0.25) is 5.91 Å². The average molecular weight is 328 g/mol. The summed E-state index contributed by atoms with van der Waals surface area (Å²) in [7, 11) is 0. The summed E-state index contributed by atoms with van der Waals surface area (Å²) in [6.07, 6.45) is 6.74. The van der Waals surface area contributed by atoms with E-state index in [2.05, 4.69) is 9.89 Å². The topological polar surface area (TPSA) is 61.9 Å². The molecule has 1 aliphatic carbocycles.